The quantitative estimate of drug-likeness (QED) is 0.551. The third-order valence-corrected chi connectivity index (χ3v) is 2.70. The number of carboxylic acid groups (broad SMARTS) is 1. The van der Waals surface area contributed by atoms with E-state index in [1.807, 2.05) is 0 Å². The van der Waals surface area contributed by atoms with Gasteiger partial charge in [-0.3, -0.25) is 24.4 Å². The van der Waals surface area contributed by atoms with Crippen LogP contribution in [0.2, 0.25) is 0 Å². The van der Waals surface area contributed by atoms with Crippen molar-refractivity contribution in [2.45, 2.75) is 26.8 Å². The first-order chi connectivity index (χ1) is 9.22. The molecule has 1 aromatic heterocycles. The monoisotopic (exact) mass is 284 g/mol. The van der Waals surface area contributed by atoms with Crippen LogP contribution in [0.1, 0.15) is 20.3 Å². The maximum absolute atomic E-state index is 11.5. The fourth-order valence-corrected chi connectivity index (χ4v) is 1.27. The lowest BCUT2D eigenvalue weighted by Gasteiger charge is -2.19. The molecule has 1 amide bonds. The van der Waals surface area contributed by atoms with Gasteiger partial charge in [-0.2, -0.15) is 5.10 Å². The zero-order valence-corrected chi connectivity index (χ0v) is 11.2. The van der Waals surface area contributed by atoms with Gasteiger partial charge in [0.05, 0.1) is 10.3 Å². The third-order valence-electron chi connectivity index (χ3n) is 2.70. The van der Waals surface area contributed by atoms with E-state index < -0.39 is 16.3 Å². The normalized spacial score (nSPS) is 11.1. The maximum Gasteiger partial charge on any atom is 0.310 e. The highest BCUT2D eigenvalue weighted by atomic mass is 16.6. The second-order valence-electron chi connectivity index (χ2n) is 4.93. The number of aryl methyl sites for hydroxylation is 1. The van der Waals surface area contributed by atoms with Gasteiger partial charge in [0.2, 0.25) is 5.91 Å². The van der Waals surface area contributed by atoms with Crippen LogP contribution in [0.25, 0.3) is 0 Å². The predicted octanol–water partition coefficient (Wildman–Crippen LogP) is 0.408. The Hall–Kier alpha value is -2.45. The van der Waals surface area contributed by atoms with Gasteiger partial charge in [-0.05, 0) is 13.8 Å². The summed E-state index contributed by atoms with van der Waals surface area (Å²) in [7, 11) is 0. The molecule has 20 heavy (non-hydrogen) atoms. The molecule has 0 spiro atoms. The Balaban J connectivity index is 2.40. The Morgan fingerprint density at radius 2 is 2.20 bits per heavy atom. The van der Waals surface area contributed by atoms with E-state index in [1.54, 1.807) is 0 Å². The standard InChI is InChI=1S/C11H16N4O5/c1-11(2,10(17)18)7-12-9(16)3-4-14-6-8(5-13-14)15(19)20/h5-6H,3-4,7H2,1-2H3,(H,12,16)(H,17,18). The lowest BCUT2D eigenvalue weighted by Crippen LogP contribution is -2.39. The van der Waals surface area contributed by atoms with Crippen LogP contribution < -0.4 is 5.32 Å². The molecule has 1 aromatic rings. The predicted molar refractivity (Wildman–Crippen MR) is 67.9 cm³/mol. The van der Waals surface area contributed by atoms with Gasteiger partial charge >= 0.3 is 11.7 Å². The van der Waals surface area contributed by atoms with Crippen LogP contribution in [0.5, 0.6) is 0 Å². The molecule has 1 rings (SSSR count). The van der Waals surface area contributed by atoms with Crippen LogP contribution in [0.15, 0.2) is 12.4 Å². The van der Waals surface area contributed by atoms with Crippen LogP contribution in [0, 0.1) is 15.5 Å². The number of nitrogens with zero attached hydrogens (tertiary/aromatic N) is 3. The van der Waals surface area contributed by atoms with E-state index in [4.69, 9.17) is 5.11 Å². The van der Waals surface area contributed by atoms with Gasteiger partial charge in [-0.1, -0.05) is 0 Å². The fraction of sp³-hybridized carbons (Fsp3) is 0.545. The van der Waals surface area contributed by atoms with Gasteiger partial charge in [-0.25, -0.2) is 0 Å². The van der Waals surface area contributed by atoms with Gasteiger partial charge < -0.3 is 10.4 Å². The van der Waals surface area contributed by atoms with E-state index in [0.717, 1.165) is 6.20 Å². The second-order valence-corrected chi connectivity index (χ2v) is 4.93. The summed E-state index contributed by atoms with van der Waals surface area (Å²) >= 11 is 0. The molecule has 0 radical (unpaired) electrons. The summed E-state index contributed by atoms with van der Waals surface area (Å²) in [5.41, 5.74) is -1.18. The lowest BCUT2D eigenvalue weighted by atomic mass is 9.94. The Labute approximate surface area is 114 Å². The molecule has 0 unspecified atom stereocenters. The highest BCUT2D eigenvalue weighted by molar-refractivity contribution is 5.78. The number of hydrogen-bond acceptors (Lipinski definition) is 5. The van der Waals surface area contributed by atoms with Crippen molar-refractivity contribution in [2.75, 3.05) is 6.54 Å². The molecule has 1 heterocycles. The van der Waals surface area contributed by atoms with Crippen molar-refractivity contribution in [2.24, 2.45) is 5.41 Å². The second kappa shape index (κ2) is 6.13. The minimum absolute atomic E-state index is 0.0143. The maximum atomic E-state index is 11.5. The van der Waals surface area contributed by atoms with E-state index in [-0.39, 0.29) is 31.1 Å². The number of hydrogen-bond donors (Lipinski definition) is 2. The zero-order valence-electron chi connectivity index (χ0n) is 11.2. The number of nitrogens with one attached hydrogen (secondary N) is 1. The van der Waals surface area contributed by atoms with Crippen LogP contribution in [-0.2, 0) is 16.1 Å². The number of carboxylic acids is 1. The molecular formula is C11H16N4O5. The van der Waals surface area contributed by atoms with Gasteiger partial charge in [0.1, 0.15) is 12.4 Å². The van der Waals surface area contributed by atoms with Crippen molar-refractivity contribution in [3.05, 3.63) is 22.5 Å². The molecular weight excluding hydrogens is 268 g/mol. The van der Waals surface area contributed by atoms with Gasteiger partial charge in [-0.15, -0.1) is 0 Å². The van der Waals surface area contributed by atoms with E-state index in [2.05, 4.69) is 10.4 Å². The molecule has 9 nitrogen and oxygen atoms in total. The van der Waals surface area contributed by atoms with Crippen molar-refractivity contribution in [1.29, 1.82) is 0 Å². The number of carbonyl (C=O) groups is 2. The molecule has 9 heteroatoms. The van der Waals surface area contributed by atoms with Crippen molar-refractivity contribution in [3.63, 3.8) is 0 Å². The fourth-order valence-electron chi connectivity index (χ4n) is 1.27. The summed E-state index contributed by atoms with van der Waals surface area (Å²) in [6, 6.07) is 0. The molecule has 0 aliphatic heterocycles. The molecule has 0 fully saturated rings. The topological polar surface area (TPSA) is 127 Å². The van der Waals surface area contributed by atoms with Gasteiger partial charge in [0.25, 0.3) is 0 Å². The Bertz CT molecular complexity index is 523. The molecule has 0 aliphatic rings. The smallest absolute Gasteiger partial charge is 0.310 e. The number of nitro groups is 1. The Morgan fingerprint density at radius 3 is 2.70 bits per heavy atom. The number of aliphatic carboxylic acids is 1. The van der Waals surface area contributed by atoms with E-state index >= 15 is 0 Å². The van der Waals surface area contributed by atoms with Crippen LogP contribution >= 0.6 is 0 Å². The summed E-state index contributed by atoms with van der Waals surface area (Å²) in [5.74, 6) is -1.34. The van der Waals surface area contributed by atoms with E-state index in [1.165, 1.54) is 24.7 Å². The summed E-state index contributed by atoms with van der Waals surface area (Å²) < 4.78 is 1.29. The number of rotatable bonds is 7. The molecule has 0 aromatic carbocycles. The number of carbonyl (C=O) groups excluding carboxylic acids is 1. The summed E-state index contributed by atoms with van der Waals surface area (Å²) in [5, 5.41) is 25.6. The van der Waals surface area contributed by atoms with Crippen molar-refractivity contribution in [1.82, 2.24) is 15.1 Å². The van der Waals surface area contributed by atoms with Gasteiger partial charge in [0, 0.05) is 19.5 Å². The minimum atomic E-state index is -1.04. The van der Waals surface area contributed by atoms with E-state index in [9.17, 15) is 19.7 Å². The Kier molecular flexibility index (Phi) is 4.78. The van der Waals surface area contributed by atoms with E-state index in [0.29, 0.717) is 0 Å². The van der Waals surface area contributed by atoms with Crippen LogP contribution in [-0.4, -0.2) is 38.2 Å². The van der Waals surface area contributed by atoms with Crippen LogP contribution in [0.4, 0.5) is 5.69 Å². The van der Waals surface area contributed by atoms with Crippen LogP contribution in [0.3, 0.4) is 0 Å². The third kappa shape index (κ3) is 4.34. The molecule has 0 atom stereocenters. The lowest BCUT2D eigenvalue weighted by molar-refractivity contribution is -0.385. The largest absolute Gasteiger partial charge is 0.481 e. The highest BCUT2D eigenvalue weighted by Crippen LogP contribution is 2.13. The average Bonchev–Trinajstić information content (AvgIpc) is 2.82. The number of aromatic nitrogens is 2. The first kappa shape index (κ1) is 15.6. The minimum Gasteiger partial charge on any atom is -0.481 e. The first-order valence-corrected chi connectivity index (χ1v) is 5.89. The molecule has 0 bridgehead atoms. The summed E-state index contributed by atoms with van der Waals surface area (Å²) in [4.78, 5) is 32.3. The summed E-state index contributed by atoms with van der Waals surface area (Å²) in [6.07, 6.45) is 2.40. The molecule has 0 saturated carbocycles. The Morgan fingerprint density at radius 1 is 1.55 bits per heavy atom. The molecule has 0 aliphatic carbocycles. The van der Waals surface area contributed by atoms with Crippen molar-refractivity contribution >= 4 is 17.6 Å². The highest BCUT2D eigenvalue weighted by Gasteiger charge is 2.27. The molecule has 110 valence electrons. The molecule has 0 saturated heterocycles. The SMILES string of the molecule is CC(C)(CNC(=O)CCn1cc([N+](=O)[O-])cn1)C(=O)O. The van der Waals surface area contributed by atoms with Crippen molar-refractivity contribution < 1.29 is 19.6 Å². The number of amides is 1. The molecule has 2 N–H and O–H groups in total. The van der Waals surface area contributed by atoms with Crippen molar-refractivity contribution in [3.8, 4) is 0 Å². The van der Waals surface area contributed by atoms with Gasteiger partial charge in [0.15, 0.2) is 0 Å². The summed E-state index contributed by atoms with van der Waals surface area (Å²) in [6.45, 7) is 3.21. The zero-order chi connectivity index (χ0) is 15.3. The first-order valence-electron chi connectivity index (χ1n) is 5.89. The average molecular weight is 284 g/mol.